The van der Waals surface area contributed by atoms with Crippen LogP contribution in [0.4, 0.5) is 5.13 Å². The van der Waals surface area contributed by atoms with E-state index in [4.69, 9.17) is 4.52 Å². The molecular weight excluding hydrogens is 404 g/mol. The topological polar surface area (TPSA) is 72.1 Å². The van der Waals surface area contributed by atoms with Crippen molar-refractivity contribution in [3.63, 3.8) is 0 Å². The number of carbonyl (C=O) groups is 1. The number of benzene rings is 1. The van der Waals surface area contributed by atoms with E-state index in [2.05, 4.69) is 21.7 Å². The van der Waals surface area contributed by atoms with Crippen molar-refractivity contribution in [1.29, 1.82) is 0 Å². The molecule has 0 unspecified atom stereocenters. The second-order valence-electron chi connectivity index (χ2n) is 6.16. The first-order chi connectivity index (χ1) is 14.2. The van der Waals surface area contributed by atoms with E-state index in [0.717, 1.165) is 16.1 Å². The molecule has 29 heavy (non-hydrogen) atoms. The van der Waals surface area contributed by atoms with Crippen molar-refractivity contribution in [2.45, 2.75) is 12.8 Å². The van der Waals surface area contributed by atoms with Crippen LogP contribution in [0.3, 0.4) is 0 Å². The van der Waals surface area contributed by atoms with E-state index in [-0.39, 0.29) is 12.3 Å². The Morgan fingerprint density at radius 2 is 2.00 bits per heavy atom. The predicted molar refractivity (Wildman–Crippen MR) is 116 cm³/mol. The maximum absolute atomic E-state index is 12.8. The molecule has 1 aromatic carbocycles. The van der Waals surface area contributed by atoms with Gasteiger partial charge in [0, 0.05) is 30.3 Å². The summed E-state index contributed by atoms with van der Waals surface area (Å²) in [6.45, 7) is 4.16. The number of hydrogen-bond donors (Lipinski definition) is 0. The molecule has 0 radical (unpaired) electrons. The average Bonchev–Trinajstić information content (AvgIpc) is 3.52. The van der Waals surface area contributed by atoms with Gasteiger partial charge in [0.25, 0.3) is 0 Å². The summed E-state index contributed by atoms with van der Waals surface area (Å²) in [6, 6.07) is 13.8. The smallest absolute Gasteiger partial charge is 0.229 e. The third-order valence-corrected chi connectivity index (χ3v) is 5.90. The first-order valence-corrected chi connectivity index (χ1v) is 10.8. The van der Waals surface area contributed by atoms with E-state index >= 15 is 0 Å². The van der Waals surface area contributed by atoms with E-state index < -0.39 is 0 Å². The normalized spacial score (nSPS) is 10.8. The van der Waals surface area contributed by atoms with Gasteiger partial charge >= 0.3 is 0 Å². The number of carbonyl (C=O) groups excluding carboxylic acids is 1. The molecule has 0 saturated carbocycles. The van der Waals surface area contributed by atoms with Crippen molar-refractivity contribution in [2.75, 3.05) is 11.4 Å². The predicted octanol–water partition coefficient (Wildman–Crippen LogP) is 5.07. The zero-order valence-corrected chi connectivity index (χ0v) is 17.2. The van der Waals surface area contributed by atoms with Crippen LogP contribution in [0.2, 0.25) is 0 Å². The van der Waals surface area contributed by atoms with Crippen molar-refractivity contribution in [3.8, 4) is 22.0 Å². The molecule has 0 atom stereocenters. The van der Waals surface area contributed by atoms with Gasteiger partial charge in [0.15, 0.2) is 5.13 Å². The van der Waals surface area contributed by atoms with Gasteiger partial charge in [-0.3, -0.25) is 9.69 Å². The highest BCUT2D eigenvalue weighted by Crippen LogP contribution is 2.28. The fourth-order valence-corrected chi connectivity index (χ4v) is 4.27. The summed E-state index contributed by atoms with van der Waals surface area (Å²) in [6.07, 6.45) is 2.32. The highest BCUT2D eigenvalue weighted by molar-refractivity contribution is 7.14. The van der Waals surface area contributed by atoms with Gasteiger partial charge in [-0.05, 0) is 11.4 Å². The van der Waals surface area contributed by atoms with Crippen LogP contribution in [-0.4, -0.2) is 27.6 Å². The standard InChI is InChI=1S/C21H18N4O2S2/c1-2-12-25(21-22-16(14-29-21)15-7-4-3-5-8-15)19(26)11-10-18-23-20(24-27-18)17-9-6-13-28-17/h2-9,13-14H,1,10-12H2. The molecule has 3 aromatic heterocycles. The molecule has 8 heteroatoms. The Bertz CT molecular complexity index is 1090. The van der Waals surface area contributed by atoms with Crippen LogP contribution in [0.15, 0.2) is 70.4 Å². The van der Waals surface area contributed by atoms with E-state index in [9.17, 15) is 4.79 Å². The van der Waals surface area contributed by atoms with Crippen LogP contribution in [-0.2, 0) is 11.2 Å². The molecule has 4 rings (SSSR count). The minimum Gasteiger partial charge on any atom is -0.339 e. The number of nitrogens with zero attached hydrogens (tertiary/aromatic N) is 4. The van der Waals surface area contributed by atoms with Crippen molar-refractivity contribution < 1.29 is 9.32 Å². The molecule has 0 fully saturated rings. The summed E-state index contributed by atoms with van der Waals surface area (Å²) in [4.78, 5) is 24.4. The fraction of sp³-hybridized carbons (Fsp3) is 0.143. The Balaban J connectivity index is 1.44. The highest BCUT2D eigenvalue weighted by Gasteiger charge is 2.20. The van der Waals surface area contributed by atoms with E-state index in [1.165, 1.54) is 11.3 Å². The monoisotopic (exact) mass is 422 g/mol. The molecule has 0 aliphatic carbocycles. The van der Waals surface area contributed by atoms with Crippen molar-refractivity contribution in [3.05, 3.63) is 71.8 Å². The number of aryl methyl sites for hydroxylation is 1. The lowest BCUT2D eigenvalue weighted by Crippen LogP contribution is -2.31. The van der Waals surface area contributed by atoms with Crippen molar-refractivity contribution >= 4 is 33.7 Å². The number of aromatic nitrogens is 3. The van der Waals surface area contributed by atoms with Gasteiger partial charge in [-0.15, -0.1) is 29.3 Å². The van der Waals surface area contributed by atoms with Gasteiger partial charge < -0.3 is 4.52 Å². The van der Waals surface area contributed by atoms with Gasteiger partial charge in [0.1, 0.15) is 0 Å². The molecule has 0 saturated heterocycles. The lowest BCUT2D eigenvalue weighted by atomic mass is 10.2. The Labute approximate surface area is 176 Å². The number of thiophene rings is 1. The second kappa shape index (κ2) is 8.93. The number of rotatable bonds is 8. The summed E-state index contributed by atoms with van der Waals surface area (Å²) in [5.74, 6) is 0.942. The highest BCUT2D eigenvalue weighted by atomic mass is 32.1. The van der Waals surface area contributed by atoms with Crippen molar-refractivity contribution in [2.24, 2.45) is 0 Å². The number of anilines is 1. The molecule has 3 heterocycles. The molecule has 146 valence electrons. The first kappa shape index (κ1) is 19.2. The van der Waals surface area contributed by atoms with Crippen LogP contribution in [0.1, 0.15) is 12.3 Å². The third-order valence-electron chi connectivity index (χ3n) is 4.17. The van der Waals surface area contributed by atoms with Gasteiger partial charge in [-0.25, -0.2) is 4.98 Å². The van der Waals surface area contributed by atoms with Gasteiger partial charge in [-0.2, -0.15) is 4.98 Å². The molecule has 0 N–H and O–H groups in total. The quantitative estimate of drug-likeness (QED) is 0.371. The zero-order valence-electron chi connectivity index (χ0n) is 15.5. The molecule has 4 aromatic rings. The molecule has 0 aliphatic rings. The van der Waals surface area contributed by atoms with Crippen LogP contribution in [0.5, 0.6) is 0 Å². The van der Waals surface area contributed by atoms with Crippen LogP contribution in [0.25, 0.3) is 22.0 Å². The Hall–Kier alpha value is -3.10. The number of thiazole rings is 1. The van der Waals surface area contributed by atoms with Gasteiger partial charge in [0.2, 0.25) is 17.6 Å². The average molecular weight is 423 g/mol. The number of amides is 1. The van der Waals surface area contributed by atoms with Crippen LogP contribution in [0, 0.1) is 0 Å². The van der Waals surface area contributed by atoms with Crippen LogP contribution >= 0.6 is 22.7 Å². The van der Waals surface area contributed by atoms with Crippen molar-refractivity contribution in [1.82, 2.24) is 15.1 Å². The lowest BCUT2D eigenvalue weighted by molar-refractivity contribution is -0.118. The Morgan fingerprint density at radius 3 is 2.76 bits per heavy atom. The lowest BCUT2D eigenvalue weighted by Gasteiger charge is -2.17. The van der Waals surface area contributed by atoms with E-state index in [1.807, 2.05) is 53.2 Å². The van der Waals surface area contributed by atoms with E-state index in [0.29, 0.717) is 29.8 Å². The second-order valence-corrected chi connectivity index (χ2v) is 7.95. The minimum atomic E-state index is -0.0604. The summed E-state index contributed by atoms with van der Waals surface area (Å²) in [7, 11) is 0. The Kier molecular flexibility index (Phi) is 5.92. The summed E-state index contributed by atoms with van der Waals surface area (Å²) < 4.78 is 5.29. The molecule has 1 amide bonds. The SMILES string of the molecule is C=CCN(C(=O)CCc1nc(-c2cccs2)no1)c1nc(-c2ccccc2)cs1. The third kappa shape index (κ3) is 4.49. The zero-order chi connectivity index (χ0) is 20.1. The maximum Gasteiger partial charge on any atom is 0.229 e. The summed E-state index contributed by atoms with van der Waals surface area (Å²) in [5, 5.41) is 8.55. The molecule has 0 bridgehead atoms. The molecular formula is C21H18N4O2S2. The number of hydrogen-bond acceptors (Lipinski definition) is 7. The van der Waals surface area contributed by atoms with E-state index in [1.54, 1.807) is 22.3 Å². The maximum atomic E-state index is 12.8. The summed E-state index contributed by atoms with van der Waals surface area (Å²) >= 11 is 2.99. The minimum absolute atomic E-state index is 0.0604. The largest absolute Gasteiger partial charge is 0.339 e. The van der Waals surface area contributed by atoms with Crippen LogP contribution < -0.4 is 4.90 Å². The Morgan fingerprint density at radius 1 is 1.14 bits per heavy atom. The molecule has 0 spiro atoms. The fourth-order valence-electron chi connectivity index (χ4n) is 2.76. The first-order valence-electron chi connectivity index (χ1n) is 9.03. The molecule has 6 nitrogen and oxygen atoms in total. The van der Waals surface area contributed by atoms with Gasteiger partial charge in [0.05, 0.1) is 10.6 Å². The molecule has 0 aliphatic heterocycles. The summed E-state index contributed by atoms with van der Waals surface area (Å²) in [5.41, 5.74) is 1.87. The van der Waals surface area contributed by atoms with Gasteiger partial charge in [-0.1, -0.05) is 47.6 Å².